The Bertz CT molecular complexity index is 1160. The SMILES string of the molecule is O=C(O)CCC(=O)C1CCCc2cc(S(=O)(=O)N3CCN(c4cccc(Cl)c4)CC3)ccc21. The van der Waals surface area contributed by atoms with Crippen molar-refractivity contribution in [3.05, 3.63) is 58.6 Å². The van der Waals surface area contributed by atoms with Gasteiger partial charge in [-0.15, -0.1) is 0 Å². The van der Waals surface area contributed by atoms with Crippen molar-refractivity contribution in [2.75, 3.05) is 31.1 Å². The Kier molecular flexibility index (Phi) is 7.07. The fourth-order valence-electron chi connectivity index (χ4n) is 4.70. The number of carbonyl (C=O) groups excluding carboxylic acids is 1. The molecule has 1 fully saturated rings. The topological polar surface area (TPSA) is 95.0 Å². The minimum absolute atomic E-state index is 0.00358. The van der Waals surface area contributed by atoms with Crippen molar-refractivity contribution in [2.24, 2.45) is 0 Å². The van der Waals surface area contributed by atoms with Crippen molar-refractivity contribution in [3.63, 3.8) is 0 Å². The number of ketones is 1. The number of nitrogens with zero attached hydrogens (tertiary/aromatic N) is 2. The van der Waals surface area contributed by atoms with Gasteiger partial charge >= 0.3 is 5.97 Å². The van der Waals surface area contributed by atoms with Crippen LogP contribution in [0.15, 0.2) is 47.4 Å². The second-order valence-electron chi connectivity index (χ2n) is 8.54. The summed E-state index contributed by atoms with van der Waals surface area (Å²) in [6.07, 6.45) is 1.97. The molecule has 1 unspecified atom stereocenters. The lowest BCUT2D eigenvalue weighted by molar-refractivity contribution is -0.138. The number of rotatable bonds is 7. The second-order valence-corrected chi connectivity index (χ2v) is 10.9. The first-order valence-electron chi connectivity index (χ1n) is 11.1. The Hall–Kier alpha value is -2.42. The van der Waals surface area contributed by atoms with Gasteiger partial charge in [-0.25, -0.2) is 8.42 Å². The number of aryl methyl sites for hydroxylation is 1. The summed E-state index contributed by atoms with van der Waals surface area (Å²) in [6.45, 7) is 1.90. The third-order valence-corrected chi connectivity index (χ3v) is 8.58. The van der Waals surface area contributed by atoms with Gasteiger partial charge in [-0.3, -0.25) is 9.59 Å². The molecule has 176 valence electrons. The molecule has 0 aromatic heterocycles. The lowest BCUT2D eigenvalue weighted by Gasteiger charge is -2.35. The normalized spacial score (nSPS) is 19.2. The standard InChI is InChI=1S/C24H27ClN2O5S/c25-18-4-2-5-19(16-18)26-11-13-27(14-12-26)33(31,32)20-7-8-21-17(15-20)3-1-6-22(21)23(28)9-10-24(29)30/h2,4-5,7-8,15-16,22H,1,3,6,9-14H2,(H,29,30). The van der Waals surface area contributed by atoms with Crippen LogP contribution in [0.2, 0.25) is 5.02 Å². The van der Waals surface area contributed by atoms with E-state index >= 15 is 0 Å². The number of fused-ring (bicyclic) bond motifs is 1. The number of Topliss-reactive ketones (excluding diaryl/α,β-unsaturated/α-hetero) is 1. The average Bonchev–Trinajstić information content (AvgIpc) is 2.81. The first-order chi connectivity index (χ1) is 15.8. The van der Waals surface area contributed by atoms with Gasteiger partial charge in [-0.2, -0.15) is 4.31 Å². The zero-order chi connectivity index (χ0) is 23.6. The van der Waals surface area contributed by atoms with E-state index in [4.69, 9.17) is 16.7 Å². The number of aliphatic carboxylic acids is 1. The van der Waals surface area contributed by atoms with Crippen molar-refractivity contribution < 1.29 is 23.1 Å². The number of carboxylic acid groups (broad SMARTS) is 1. The Morgan fingerprint density at radius 1 is 1.03 bits per heavy atom. The van der Waals surface area contributed by atoms with Gasteiger partial charge in [0, 0.05) is 49.2 Å². The van der Waals surface area contributed by atoms with E-state index in [1.165, 1.54) is 4.31 Å². The van der Waals surface area contributed by atoms with Gasteiger partial charge in [0.05, 0.1) is 11.3 Å². The molecule has 0 bridgehead atoms. The number of sulfonamides is 1. The molecular weight excluding hydrogens is 464 g/mol. The molecule has 2 aromatic carbocycles. The summed E-state index contributed by atoms with van der Waals surface area (Å²) in [7, 11) is -3.65. The molecule has 1 aliphatic carbocycles. The van der Waals surface area contributed by atoms with Crippen molar-refractivity contribution in [2.45, 2.75) is 42.9 Å². The highest BCUT2D eigenvalue weighted by molar-refractivity contribution is 7.89. The molecule has 0 spiro atoms. The largest absolute Gasteiger partial charge is 0.481 e. The minimum Gasteiger partial charge on any atom is -0.481 e. The van der Waals surface area contributed by atoms with Crippen LogP contribution < -0.4 is 4.90 Å². The summed E-state index contributed by atoms with van der Waals surface area (Å²) in [4.78, 5) is 25.8. The number of carboxylic acids is 1. The van der Waals surface area contributed by atoms with Crippen molar-refractivity contribution >= 4 is 39.1 Å². The van der Waals surface area contributed by atoms with E-state index in [1.54, 1.807) is 18.2 Å². The number of carbonyl (C=O) groups is 2. The molecule has 1 saturated heterocycles. The summed E-state index contributed by atoms with van der Waals surface area (Å²) < 4.78 is 28.1. The number of piperazine rings is 1. The Balaban J connectivity index is 1.48. The predicted molar refractivity (Wildman–Crippen MR) is 126 cm³/mol. The van der Waals surface area contributed by atoms with Crippen LogP contribution in [0.25, 0.3) is 0 Å². The zero-order valence-electron chi connectivity index (χ0n) is 18.2. The molecule has 33 heavy (non-hydrogen) atoms. The number of benzene rings is 2. The van der Waals surface area contributed by atoms with Crippen LogP contribution in [-0.2, 0) is 26.0 Å². The molecule has 0 saturated carbocycles. The quantitative estimate of drug-likeness (QED) is 0.635. The van der Waals surface area contributed by atoms with Gasteiger partial charge in [-0.1, -0.05) is 23.7 Å². The van der Waals surface area contributed by atoms with Crippen molar-refractivity contribution in [1.29, 1.82) is 0 Å². The summed E-state index contributed by atoms with van der Waals surface area (Å²) in [6, 6.07) is 12.6. The summed E-state index contributed by atoms with van der Waals surface area (Å²) in [5.41, 5.74) is 2.68. The van der Waals surface area contributed by atoms with E-state index in [2.05, 4.69) is 4.90 Å². The minimum atomic E-state index is -3.65. The predicted octanol–water partition coefficient (Wildman–Crippen LogP) is 3.70. The number of anilines is 1. The highest BCUT2D eigenvalue weighted by Gasteiger charge is 2.31. The third-order valence-electron chi connectivity index (χ3n) is 6.45. The number of hydrogen-bond acceptors (Lipinski definition) is 5. The Labute approximate surface area is 199 Å². The van der Waals surface area contributed by atoms with Crippen LogP contribution in [0.1, 0.15) is 42.7 Å². The van der Waals surface area contributed by atoms with Gasteiger partial charge in [0.1, 0.15) is 5.78 Å². The highest BCUT2D eigenvalue weighted by Crippen LogP contribution is 2.35. The zero-order valence-corrected chi connectivity index (χ0v) is 19.8. The average molecular weight is 491 g/mol. The van der Waals surface area contributed by atoms with Crippen LogP contribution in [0.5, 0.6) is 0 Å². The molecule has 4 rings (SSSR count). The van der Waals surface area contributed by atoms with Crippen LogP contribution >= 0.6 is 11.6 Å². The molecule has 1 aliphatic heterocycles. The molecule has 0 amide bonds. The highest BCUT2D eigenvalue weighted by atomic mass is 35.5. The molecule has 2 aliphatic rings. The lowest BCUT2D eigenvalue weighted by Crippen LogP contribution is -2.48. The van der Waals surface area contributed by atoms with Gasteiger partial charge < -0.3 is 10.0 Å². The van der Waals surface area contributed by atoms with Crippen LogP contribution in [0, 0.1) is 0 Å². The Morgan fingerprint density at radius 3 is 2.48 bits per heavy atom. The fourth-order valence-corrected chi connectivity index (χ4v) is 6.36. The summed E-state index contributed by atoms with van der Waals surface area (Å²) >= 11 is 6.08. The number of hydrogen-bond donors (Lipinski definition) is 1. The van der Waals surface area contributed by atoms with E-state index < -0.39 is 16.0 Å². The molecule has 9 heteroatoms. The first kappa shape index (κ1) is 23.7. The Morgan fingerprint density at radius 2 is 1.79 bits per heavy atom. The summed E-state index contributed by atoms with van der Waals surface area (Å²) in [5, 5.41) is 9.52. The first-order valence-corrected chi connectivity index (χ1v) is 13.0. The van der Waals surface area contributed by atoms with Crippen molar-refractivity contribution in [1.82, 2.24) is 4.31 Å². The van der Waals surface area contributed by atoms with E-state index in [0.29, 0.717) is 44.0 Å². The van der Waals surface area contributed by atoms with Gasteiger partial charge in [-0.05, 0) is 60.7 Å². The lowest BCUT2D eigenvalue weighted by atomic mass is 9.79. The van der Waals surface area contributed by atoms with E-state index in [9.17, 15) is 18.0 Å². The molecular formula is C24H27ClN2O5S. The maximum absolute atomic E-state index is 13.3. The molecule has 1 heterocycles. The van der Waals surface area contributed by atoms with E-state index in [1.807, 2.05) is 24.3 Å². The smallest absolute Gasteiger partial charge is 0.303 e. The van der Waals surface area contributed by atoms with Gasteiger partial charge in [0.25, 0.3) is 0 Å². The van der Waals surface area contributed by atoms with E-state index in [0.717, 1.165) is 23.2 Å². The van der Waals surface area contributed by atoms with Crippen LogP contribution in [0.3, 0.4) is 0 Å². The second kappa shape index (κ2) is 9.83. The number of halogens is 1. The maximum atomic E-state index is 13.3. The maximum Gasteiger partial charge on any atom is 0.303 e. The van der Waals surface area contributed by atoms with Crippen LogP contribution in [0.4, 0.5) is 5.69 Å². The summed E-state index contributed by atoms with van der Waals surface area (Å²) in [5.74, 6) is -1.44. The molecule has 0 radical (unpaired) electrons. The van der Waals surface area contributed by atoms with E-state index in [-0.39, 0.29) is 29.4 Å². The molecule has 1 atom stereocenters. The molecule has 1 N–H and O–H groups in total. The molecule has 2 aromatic rings. The monoisotopic (exact) mass is 490 g/mol. The van der Waals surface area contributed by atoms with Gasteiger partial charge in [0.2, 0.25) is 10.0 Å². The third kappa shape index (κ3) is 5.23. The van der Waals surface area contributed by atoms with Crippen LogP contribution in [-0.4, -0.2) is 55.8 Å². The van der Waals surface area contributed by atoms with Gasteiger partial charge in [0.15, 0.2) is 0 Å². The van der Waals surface area contributed by atoms with Crippen molar-refractivity contribution in [3.8, 4) is 0 Å². The molecule has 7 nitrogen and oxygen atoms in total. The fraction of sp³-hybridized carbons (Fsp3) is 0.417.